The Balaban J connectivity index is 1.65. The molecule has 1 N–H and O–H groups in total. The lowest BCUT2D eigenvalue weighted by Gasteiger charge is -2.25. The third-order valence-electron chi connectivity index (χ3n) is 4.59. The Hall–Kier alpha value is -3.27. The van der Waals surface area contributed by atoms with Crippen molar-refractivity contribution in [1.82, 2.24) is 0 Å². The number of hydrogen-bond acceptors (Lipinski definition) is 7. The van der Waals surface area contributed by atoms with Gasteiger partial charge in [-0.05, 0) is 30.7 Å². The number of benzene rings is 2. The number of carbonyl (C=O) groups is 2. The minimum Gasteiger partial charge on any atom is -0.486 e. The van der Waals surface area contributed by atoms with Crippen LogP contribution in [0.4, 0.5) is 11.4 Å². The Morgan fingerprint density at radius 3 is 2.52 bits per heavy atom. The lowest BCUT2D eigenvalue weighted by Crippen LogP contribution is -2.31. The largest absolute Gasteiger partial charge is 0.486 e. The van der Waals surface area contributed by atoms with E-state index < -0.39 is 16.0 Å². The number of hydrogen-bond donors (Lipinski definition) is 1. The molecule has 31 heavy (non-hydrogen) atoms. The van der Waals surface area contributed by atoms with Gasteiger partial charge in [0.05, 0.1) is 30.3 Å². The van der Waals surface area contributed by atoms with Gasteiger partial charge in [0.25, 0.3) is 0 Å². The van der Waals surface area contributed by atoms with E-state index in [2.05, 4.69) is 5.32 Å². The fraction of sp³-hybridized carbons (Fsp3) is 0.333. The molecule has 0 saturated carbocycles. The fourth-order valence-electron chi connectivity index (χ4n) is 3.15. The van der Waals surface area contributed by atoms with E-state index in [1.807, 2.05) is 0 Å². The number of sulfonamides is 1. The van der Waals surface area contributed by atoms with Crippen LogP contribution in [0.25, 0.3) is 0 Å². The predicted molar refractivity (Wildman–Crippen MR) is 115 cm³/mol. The summed E-state index contributed by atoms with van der Waals surface area (Å²) in [6, 6.07) is 11.4. The molecule has 2 aromatic rings. The number of esters is 1. The van der Waals surface area contributed by atoms with Crippen LogP contribution in [-0.4, -0.2) is 53.4 Å². The summed E-state index contributed by atoms with van der Waals surface area (Å²) >= 11 is 0. The second-order valence-corrected chi connectivity index (χ2v) is 8.76. The molecule has 0 fully saturated rings. The summed E-state index contributed by atoms with van der Waals surface area (Å²) in [4.78, 5) is 24.2. The number of rotatable bonds is 8. The van der Waals surface area contributed by atoms with Crippen LogP contribution in [0.3, 0.4) is 0 Å². The second-order valence-electron chi connectivity index (χ2n) is 6.85. The summed E-state index contributed by atoms with van der Waals surface area (Å²) in [6.45, 7) is 0.934. The maximum atomic E-state index is 12.4. The first-order chi connectivity index (χ1) is 14.8. The quantitative estimate of drug-likeness (QED) is 0.618. The fourth-order valence-corrected chi connectivity index (χ4v) is 4.11. The molecule has 166 valence electrons. The van der Waals surface area contributed by atoms with E-state index in [9.17, 15) is 18.0 Å². The minimum atomic E-state index is -3.58. The van der Waals surface area contributed by atoms with E-state index in [0.29, 0.717) is 36.1 Å². The molecule has 0 unspecified atom stereocenters. The first-order valence-electron chi connectivity index (χ1n) is 9.64. The van der Waals surface area contributed by atoms with Crippen molar-refractivity contribution in [3.8, 4) is 11.5 Å². The zero-order valence-electron chi connectivity index (χ0n) is 17.3. The summed E-state index contributed by atoms with van der Waals surface area (Å²) in [5.41, 5.74) is 1.02. The molecule has 1 heterocycles. The molecule has 1 amide bonds. The highest BCUT2D eigenvalue weighted by Crippen LogP contribution is 2.34. The zero-order chi connectivity index (χ0) is 22.4. The van der Waals surface area contributed by atoms with Gasteiger partial charge < -0.3 is 19.5 Å². The average Bonchev–Trinajstić information content (AvgIpc) is 2.75. The number of nitrogens with zero attached hydrogens (tertiary/aromatic N) is 1. The Bertz CT molecular complexity index is 1070. The molecule has 0 radical (unpaired) electrons. The number of carbonyl (C=O) groups excluding carboxylic acids is 2. The second kappa shape index (κ2) is 9.69. The van der Waals surface area contributed by atoms with Crippen LogP contribution < -0.4 is 19.1 Å². The van der Waals surface area contributed by atoms with Gasteiger partial charge in [-0.15, -0.1) is 0 Å². The van der Waals surface area contributed by atoms with Gasteiger partial charge in [-0.1, -0.05) is 12.1 Å². The highest BCUT2D eigenvalue weighted by atomic mass is 32.2. The summed E-state index contributed by atoms with van der Waals surface area (Å²) in [6.07, 6.45) is 1.44. The highest BCUT2D eigenvalue weighted by molar-refractivity contribution is 7.92. The molecular formula is C21H24N2O7S. The van der Waals surface area contributed by atoms with Crippen molar-refractivity contribution in [1.29, 1.82) is 0 Å². The number of methoxy groups -OCH3 is 1. The minimum absolute atomic E-state index is 0.0616. The van der Waals surface area contributed by atoms with Gasteiger partial charge in [-0.2, -0.15) is 0 Å². The van der Waals surface area contributed by atoms with Crippen molar-refractivity contribution in [3.63, 3.8) is 0 Å². The number of fused-ring (bicyclic) bond motifs is 1. The summed E-state index contributed by atoms with van der Waals surface area (Å²) in [5.74, 6) is 0.145. The number of para-hydroxylation sites is 1. The number of anilines is 2. The van der Waals surface area contributed by atoms with Crippen molar-refractivity contribution >= 4 is 33.3 Å². The van der Waals surface area contributed by atoms with Gasteiger partial charge in [0.15, 0.2) is 11.5 Å². The van der Waals surface area contributed by atoms with E-state index in [1.165, 1.54) is 11.4 Å². The highest BCUT2D eigenvalue weighted by Gasteiger charge is 2.21. The molecule has 9 nitrogen and oxygen atoms in total. The normalized spacial score (nSPS) is 12.7. The van der Waals surface area contributed by atoms with Crippen molar-refractivity contribution < 1.29 is 32.2 Å². The van der Waals surface area contributed by atoms with E-state index >= 15 is 0 Å². The van der Waals surface area contributed by atoms with Crippen LogP contribution in [0, 0.1) is 0 Å². The molecule has 1 aliphatic heterocycles. The maximum absolute atomic E-state index is 12.4. The topological polar surface area (TPSA) is 111 Å². The molecule has 0 spiro atoms. The van der Waals surface area contributed by atoms with Crippen molar-refractivity contribution in [2.45, 2.75) is 12.8 Å². The molecule has 0 saturated heterocycles. The monoisotopic (exact) mass is 448 g/mol. The molecular weight excluding hydrogens is 424 g/mol. The number of amides is 1. The van der Waals surface area contributed by atoms with Gasteiger partial charge in [-0.3, -0.25) is 9.10 Å². The lowest BCUT2D eigenvalue weighted by atomic mass is 10.1. The van der Waals surface area contributed by atoms with Crippen LogP contribution in [0.1, 0.15) is 23.2 Å². The number of ether oxygens (including phenoxy) is 3. The molecule has 1 aliphatic rings. The third kappa shape index (κ3) is 5.66. The maximum Gasteiger partial charge on any atom is 0.339 e. The Morgan fingerprint density at radius 1 is 1.10 bits per heavy atom. The van der Waals surface area contributed by atoms with Gasteiger partial charge >= 0.3 is 5.97 Å². The van der Waals surface area contributed by atoms with Gasteiger partial charge in [0.1, 0.15) is 13.2 Å². The van der Waals surface area contributed by atoms with Gasteiger partial charge in [0, 0.05) is 19.0 Å². The van der Waals surface area contributed by atoms with Crippen molar-refractivity contribution in [2.75, 3.05) is 42.7 Å². The van der Waals surface area contributed by atoms with E-state index in [1.54, 1.807) is 42.5 Å². The molecule has 0 bridgehead atoms. The standard InChI is InChI=1S/C21H24N2O7S/c1-28-21(25)16-6-3-4-7-17(16)22-20(24)8-5-11-23(31(2,26)27)15-9-10-18-19(14-15)30-13-12-29-18/h3-4,6-7,9-10,14H,5,8,11-13H2,1-2H3,(H,22,24). The van der Waals surface area contributed by atoms with Crippen LogP contribution >= 0.6 is 0 Å². The third-order valence-corrected chi connectivity index (χ3v) is 5.78. The summed E-state index contributed by atoms with van der Waals surface area (Å²) < 4.78 is 41.6. The smallest absolute Gasteiger partial charge is 0.339 e. The Morgan fingerprint density at radius 2 is 1.81 bits per heavy atom. The molecule has 0 aliphatic carbocycles. The first-order valence-corrected chi connectivity index (χ1v) is 11.5. The SMILES string of the molecule is COC(=O)c1ccccc1NC(=O)CCCN(c1ccc2c(c1)OCCO2)S(C)(=O)=O. The van der Waals surface area contributed by atoms with Crippen LogP contribution in [0.15, 0.2) is 42.5 Å². The lowest BCUT2D eigenvalue weighted by molar-refractivity contribution is -0.116. The van der Waals surface area contributed by atoms with Gasteiger partial charge in [-0.25, -0.2) is 13.2 Å². The number of nitrogens with one attached hydrogen (secondary N) is 1. The Labute approximate surface area is 181 Å². The van der Waals surface area contributed by atoms with E-state index in [4.69, 9.17) is 14.2 Å². The van der Waals surface area contributed by atoms with E-state index in [-0.39, 0.29) is 30.9 Å². The first kappa shape index (κ1) is 22.4. The Kier molecular flexibility index (Phi) is 7.01. The van der Waals surface area contributed by atoms with Crippen LogP contribution in [0.2, 0.25) is 0 Å². The molecule has 10 heteroatoms. The molecule has 3 rings (SSSR count). The van der Waals surface area contributed by atoms with Crippen LogP contribution in [-0.2, 0) is 19.6 Å². The van der Waals surface area contributed by atoms with Crippen molar-refractivity contribution in [3.05, 3.63) is 48.0 Å². The van der Waals surface area contributed by atoms with Crippen molar-refractivity contribution in [2.24, 2.45) is 0 Å². The van der Waals surface area contributed by atoms with E-state index in [0.717, 1.165) is 6.26 Å². The summed E-state index contributed by atoms with van der Waals surface area (Å²) in [5, 5.41) is 2.67. The average molecular weight is 448 g/mol. The van der Waals surface area contributed by atoms with Gasteiger partial charge in [0.2, 0.25) is 15.9 Å². The summed E-state index contributed by atoms with van der Waals surface area (Å²) in [7, 11) is -2.32. The molecule has 0 atom stereocenters. The molecule has 0 aromatic heterocycles. The molecule has 2 aromatic carbocycles. The van der Waals surface area contributed by atoms with Crippen LogP contribution in [0.5, 0.6) is 11.5 Å². The predicted octanol–water partition coefficient (Wildman–Crippen LogP) is 2.43. The zero-order valence-corrected chi connectivity index (χ0v) is 18.1.